The third kappa shape index (κ3) is 1.77. The van der Waals surface area contributed by atoms with Crippen molar-refractivity contribution < 1.29 is 18.8 Å². The van der Waals surface area contributed by atoms with Crippen LogP contribution in [0.1, 0.15) is 35.1 Å². The quantitative estimate of drug-likeness (QED) is 0.786. The first-order valence-corrected chi connectivity index (χ1v) is 6.31. The van der Waals surface area contributed by atoms with Crippen molar-refractivity contribution in [2.75, 3.05) is 0 Å². The minimum absolute atomic E-state index is 0.112. The second kappa shape index (κ2) is 3.93. The Bertz CT molecular complexity index is 814. The number of benzene rings is 1. The lowest BCUT2D eigenvalue weighted by Gasteiger charge is -1.93. The first-order chi connectivity index (χ1) is 9.70. The highest BCUT2D eigenvalue weighted by Gasteiger charge is 2.29. The zero-order valence-electron chi connectivity index (χ0n) is 10.4. The topological polar surface area (TPSA) is 89.4 Å². The number of aromatic nitrogens is 2. The Labute approximate surface area is 113 Å². The van der Waals surface area contributed by atoms with E-state index in [0.717, 1.165) is 35.4 Å². The molecule has 1 aliphatic rings. The normalized spacial score (nSPS) is 14.8. The molecule has 3 aromatic rings. The molecule has 4 rings (SSSR count). The van der Waals surface area contributed by atoms with Crippen LogP contribution in [0.4, 0.5) is 0 Å². The molecule has 0 bridgehead atoms. The third-order valence-electron chi connectivity index (χ3n) is 3.34. The van der Waals surface area contributed by atoms with E-state index in [4.69, 9.17) is 14.0 Å². The standard InChI is InChI=1S/C14H10N2O4/c17-14(18)10-6-12(20-16-10)8-3-4-11-9(5-8)15-13(19-11)7-1-2-7/h3-7H,1-2H2,(H,17,18). The number of oxazole rings is 1. The van der Waals surface area contributed by atoms with Gasteiger partial charge < -0.3 is 14.0 Å². The summed E-state index contributed by atoms with van der Waals surface area (Å²) < 4.78 is 10.7. The van der Waals surface area contributed by atoms with Crippen LogP contribution in [-0.2, 0) is 0 Å². The number of hydrogen-bond acceptors (Lipinski definition) is 5. The Morgan fingerprint density at radius 2 is 2.15 bits per heavy atom. The average molecular weight is 270 g/mol. The molecule has 2 aromatic heterocycles. The van der Waals surface area contributed by atoms with Gasteiger partial charge in [-0.2, -0.15) is 0 Å². The van der Waals surface area contributed by atoms with Crippen molar-refractivity contribution in [1.29, 1.82) is 0 Å². The van der Waals surface area contributed by atoms with Crippen LogP contribution in [0.25, 0.3) is 22.4 Å². The summed E-state index contributed by atoms with van der Waals surface area (Å²) in [6, 6.07) is 6.82. The Morgan fingerprint density at radius 3 is 2.85 bits per heavy atom. The van der Waals surface area contributed by atoms with Gasteiger partial charge >= 0.3 is 5.97 Å². The maximum absolute atomic E-state index is 10.8. The highest BCUT2D eigenvalue weighted by molar-refractivity contribution is 5.87. The summed E-state index contributed by atoms with van der Waals surface area (Å²) in [6.45, 7) is 0. The monoisotopic (exact) mass is 270 g/mol. The van der Waals surface area contributed by atoms with Crippen LogP contribution in [-0.4, -0.2) is 21.2 Å². The molecule has 1 fully saturated rings. The molecule has 6 nitrogen and oxygen atoms in total. The fourth-order valence-electron chi connectivity index (χ4n) is 2.12. The van der Waals surface area contributed by atoms with Gasteiger partial charge in [-0.05, 0) is 31.0 Å². The number of aromatic carboxylic acids is 1. The molecule has 0 aliphatic heterocycles. The Hall–Kier alpha value is -2.63. The summed E-state index contributed by atoms with van der Waals surface area (Å²) in [7, 11) is 0. The summed E-state index contributed by atoms with van der Waals surface area (Å²) in [5.41, 5.74) is 2.10. The lowest BCUT2D eigenvalue weighted by molar-refractivity contribution is 0.0686. The molecular weight excluding hydrogens is 260 g/mol. The molecule has 0 saturated heterocycles. The first-order valence-electron chi connectivity index (χ1n) is 6.31. The highest BCUT2D eigenvalue weighted by Crippen LogP contribution is 2.40. The lowest BCUT2D eigenvalue weighted by Crippen LogP contribution is -1.94. The zero-order valence-corrected chi connectivity index (χ0v) is 10.4. The van der Waals surface area contributed by atoms with Gasteiger partial charge in [0.15, 0.2) is 22.9 Å². The van der Waals surface area contributed by atoms with Crippen molar-refractivity contribution in [2.24, 2.45) is 0 Å². The van der Waals surface area contributed by atoms with E-state index in [0.29, 0.717) is 11.7 Å². The number of fused-ring (bicyclic) bond motifs is 1. The van der Waals surface area contributed by atoms with Crippen molar-refractivity contribution in [3.05, 3.63) is 35.9 Å². The summed E-state index contributed by atoms with van der Waals surface area (Å²) in [5, 5.41) is 12.3. The molecule has 0 atom stereocenters. The minimum Gasteiger partial charge on any atom is -0.476 e. The number of carbonyl (C=O) groups is 1. The van der Waals surface area contributed by atoms with Crippen molar-refractivity contribution in [3.63, 3.8) is 0 Å². The molecule has 0 amide bonds. The summed E-state index contributed by atoms with van der Waals surface area (Å²) in [6.07, 6.45) is 2.26. The third-order valence-corrected chi connectivity index (χ3v) is 3.34. The summed E-state index contributed by atoms with van der Waals surface area (Å²) in [4.78, 5) is 15.3. The number of carboxylic acid groups (broad SMARTS) is 1. The Balaban J connectivity index is 1.76. The molecule has 2 heterocycles. The maximum Gasteiger partial charge on any atom is 0.358 e. The van der Waals surface area contributed by atoms with Gasteiger partial charge in [-0.1, -0.05) is 5.16 Å². The zero-order chi connectivity index (χ0) is 13.7. The maximum atomic E-state index is 10.8. The average Bonchev–Trinajstić information content (AvgIpc) is 3.02. The van der Waals surface area contributed by atoms with E-state index in [1.807, 2.05) is 12.1 Å². The van der Waals surface area contributed by atoms with Crippen LogP contribution in [0.5, 0.6) is 0 Å². The van der Waals surface area contributed by atoms with E-state index in [1.54, 1.807) is 6.07 Å². The van der Waals surface area contributed by atoms with Gasteiger partial charge in [0.25, 0.3) is 0 Å². The van der Waals surface area contributed by atoms with Gasteiger partial charge in [-0.3, -0.25) is 0 Å². The summed E-state index contributed by atoms with van der Waals surface area (Å²) >= 11 is 0. The Morgan fingerprint density at radius 1 is 1.30 bits per heavy atom. The molecule has 0 unspecified atom stereocenters. The smallest absolute Gasteiger partial charge is 0.358 e. The fourth-order valence-corrected chi connectivity index (χ4v) is 2.12. The van der Waals surface area contributed by atoms with Crippen LogP contribution < -0.4 is 0 Å². The van der Waals surface area contributed by atoms with E-state index in [9.17, 15) is 4.79 Å². The molecule has 1 N–H and O–H groups in total. The van der Waals surface area contributed by atoms with Crippen LogP contribution in [0.15, 0.2) is 33.2 Å². The van der Waals surface area contributed by atoms with Crippen LogP contribution in [0.3, 0.4) is 0 Å². The van der Waals surface area contributed by atoms with Crippen LogP contribution >= 0.6 is 0 Å². The van der Waals surface area contributed by atoms with Crippen molar-refractivity contribution in [3.8, 4) is 11.3 Å². The van der Waals surface area contributed by atoms with Gasteiger partial charge in [0.1, 0.15) is 5.52 Å². The van der Waals surface area contributed by atoms with E-state index >= 15 is 0 Å². The van der Waals surface area contributed by atoms with Gasteiger partial charge in [0.2, 0.25) is 0 Å². The SMILES string of the molecule is O=C(O)c1cc(-c2ccc3oc(C4CC4)nc3c2)on1. The fraction of sp³-hybridized carbons (Fsp3) is 0.214. The highest BCUT2D eigenvalue weighted by atomic mass is 16.5. The van der Waals surface area contributed by atoms with Crippen molar-refractivity contribution in [2.45, 2.75) is 18.8 Å². The Kier molecular flexibility index (Phi) is 2.20. The number of rotatable bonds is 3. The van der Waals surface area contributed by atoms with Crippen LogP contribution in [0.2, 0.25) is 0 Å². The first kappa shape index (κ1) is 11.2. The second-order valence-electron chi connectivity index (χ2n) is 4.89. The van der Waals surface area contributed by atoms with E-state index in [2.05, 4.69) is 10.1 Å². The van der Waals surface area contributed by atoms with Crippen molar-refractivity contribution >= 4 is 17.1 Å². The molecular formula is C14H10N2O4. The lowest BCUT2D eigenvalue weighted by atomic mass is 10.1. The van der Waals surface area contributed by atoms with Gasteiger partial charge in [-0.25, -0.2) is 9.78 Å². The van der Waals surface area contributed by atoms with Gasteiger partial charge in [0, 0.05) is 17.5 Å². The molecule has 6 heteroatoms. The molecule has 100 valence electrons. The van der Waals surface area contributed by atoms with Gasteiger partial charge in [0.05, 0.1) is 0 Å². The largest absolute Gasteiger partial charge is 0.476 e. The van der Waals surface area contributed by atoms with E-state index in [1.165, 1.54) is 6.07 Å². The molecule has 1 aliphatic carbocycles. The minimum atomic E-state index is -1.11. The number of carboxylic acids is 1. The van der Waals surface area contributed by atoms with Crippen LogP contribution in [0, 0.1) is 0 Å². The predicted octanol–water partition coefficient (Wildman–Crippen LogP) is 3.06. The van der Waals surface area contributed by atoms with Gasteiger partial charge in [-0.15, -0.1) is 0 Å². The molecule has 0 spiro atoms. The number of hydrogen-bond donors (Lipinski definition) is 1. The molecule has 20 heavy (non-hydrogen) atoms. The second-order valence-corrected chi connectivity index (χ2v) is 4.89. The summed E-state index contributed by atoms with van der Waals surface area (Å²) in [5.74, 6) is 0.523. The van der Waals surface area contributed by atoms with Crippen molar-refractivity contribution in [1.82, 2.24) is 10.1 Å². The number of nitrogens with zero attached hydrogens (tertiary/aromatic N) is 2. The van der Waals surface area contributed by atoms with E-state index < -0.39 is 5.97 Å². The molecule has 1 aromatic carbocycles. The molecule has 1 saturated carbocycles. The molecule has 0 radical (unpaired) electrons. The predicted molar refractivity (Wildman–Crippen MR) is 68.4 cm³/mol. The van der Waals surface area contributed by atoms with E-state index in [-0.39, 0.29) is 5.69 Å².